The van der Waals surface area contributed by atoms with E-state index in [1.54, 1.807) is 18.2 Å². The fourth-order valence-corrected chi connectivity index (χ4v) is 2.92. The van der Waals surface area contributed by atoms with Gasteiger partial charge in [0.2, 0.25) is 0 Å². The zero-order valence-electron chi connectivity index (χ0n) is 15.9. The zero-order chi connectivity index (χ0) is 21.0. The van der Waals surface area contributed by atoms with E-state index in [-0.39, 0.29) is 22.5 Å². The molecule has 0 fully saturated rings. The largest absolute Gasteiger partial charge is 0.493 e. The fraction of sp³-hybridized carbons (Fsp3) is 0.136. The molecule has 144 valence electrons. The fourth-order valence-electron chi connectivity index (χ4n) is 2.92. The number of anilines is 1. The van der Waals surface area contributed by atoms with Gasteiger partial charge in [-0.3, -0.25) is 4.79 Å². The van der Waals surface area contributed by atoms with Gasteiger partial charge < -0.3 is 20.2 Å². The van der Waals surface area contributed by atoms with Crippen LogP contribution in [0.5, 0.6) is 11.5 Å². The number of aryl methyl sites for hydroxylation is 1. The minimum absolute atomic E-state index is 0.0239. The summed E-state index contributed by atoms with van der Waals surface area (Å²) < 4.78 is 11.3. The Hall–Kier alpha value is -4.23. The van der Waals surface area contributed by atoms with Gasteiger partial charge in [0, 0.05) is 5.56 Å². The number of nitrogens with zero attached hydrogens (tertiary/aromatic N) is 2. The number of pyridine rings is 1. The number of benzene rings is 2. The number of aromatic nitrogens is 1. The molecule has 0 spiro atoms. The van der Waals surface area contributed by atoms with Crippen molar-refractivity contribution in [1.29, 1.82) is 10.5 Å². The Bertz CT molecular complexity index is 1200. The van der Waals surface area contributed by atoms with E-state index in [2.05, 4.69) is 4.98 Å². The first kappa shape index (κ1) is 19.5. The van der Waals surface area contributed by atoms with Crippen molar-refractivity contribution in [1.82, 2.24) is 4.98 Å². The number of H-pyrrole nitrogens is 1. The highest BCUT2D eigenvalue weighted by atomic mass is 16.5. The van der Waals surface area contributed by atoms with Crippen LogP contribution in [-0.4, -0.2) is 12.1 Å². The average molecular weight is 386 g/mol. The summed E-state index contributed by atoms with van der Waals surface area (Å²) >= 11 is 0. The Labute approximate surface area is 167 Å². The maximum Gasteiger partial charge on any atom is 0.268 e. The molecule has 3 rings (SSSR count). The Morgan fingerprint density at radius 3 is 2.34 bits per heavy atom. The maximum absolute atomic E-state index is 12.2. The summed E-state index contributed by atoms with van der Waals surface area (Å²) in [4.78, 5) is 14.5. The van der Waals surface area contributed by atoms with Crippen molar-refractivity contribution >= 4 is 5.82 Å². The third-order valence-corrected chi connectivity index (χ3v) is 4.44. The number of nitriles is 2. The van der Waals surface area contributed by atoms with Gasteiger partial charge in [0.1, 0.15) is 35.7 Å². The van der Waals surface area contributed by atoms with Crippen LogP contribution in [0.2, 0.25) is 0 Å². The van der Waals surface area contributed by atoms with Crippen LogP contribution in [0.15, 0.2) is 47.3 Å². The van der Waals surface area contributed by atoms with Crippen LogP contribution in [0.25, 0.3) is 11.1 Å². The molecule has 1 aromatic heterocycles. The van der Waals surface area contributed by atoms with Gasteiger partial charge in [-0.2, -0.15) is 10.5 Å². The third kappa shape index (κ3) is 3.90. The van der Waals surface area contributed by atoms with Crippen LogP contribution in [0.3, 0.4) is 0 Å². The van der Waals surface area contributed by atoms with E-state index in [1.165, 1.54) is 7.11 Å². The predicted octanol–water partition coefficient (Wildman–Crippen LogP) is 3.26. The van der Waals surface area contributed by atoms with Crippen molar-refractivity contribution in [3.05, 3.63) is 75.1 Å². The quantitative estimate of drug-likeness (QED) is 0.693. The second-order valence-corrected chi connectivity index (χ2v) is 6.36. The van der Waals surface area contributed by atoms with Crippen LogP contribution in [0.4, 0.5) is 5.82 Å². The number of nitrogens with two attached hydrogens (primary N) is 1. The van der Waals surface area contributed by atoms with Crippen molar-refractivity contribution in [3.8, 4) is 34.8 Å². The molecular formula is C22H18N4O3. The van der Waals surface area contributed by atoms with E-state index >= 15 is 0 Å². The maximum atomic E-state index is 12.2. The molecule has 0 radical (unpaired) electrons. The standard InChI is InChI=1S/C22H18N4O3/c1-13-3-5-14(6-4-13)12-29-19-9-15(7-8-18(19)28-2)20-16(10-23)21(25)26-22(27)17(20)11-24/h3-9H,12H2,1-2H3,(H3,25,26,27). The van der Waals surface area contributed by atoms with Crippen LogP contribution < -0.4 is 20.8 Å². The summed E-state index contributed by atoms with van der Waals surface area (Å²) in [7, 11) is 1.51. The summed E-state index contributed by atoms with van der Waals surface area (Å²) in [6.45, 7) is 2.30. The number of nitrogens with one attached hydrogen (secondary N) is 1. The molecule has 0 amide bonds. The van der Waals surface area contributed by atoms with E-state index in [1.807, 2.05) is 43.3 Å². The molecule has 29 heavy (non-hydrogen) atoms. The van der Waals surface area contributed by atoms with Gasteiger partial charge in [0.25, 0.3) is 5.56 Å². The molecule has 3 aromatic rings. The molecule has 0 aliphatic carbocycles. The molecule has 7 nitrogen and oxygen atoms in total. The first-order valence-electron chi connectivity index (χ1n) is 8.71. The van der Waals surface area contributed by atoms with E-state index in [0.717, 1.165) is 11.1 Å². The van der Waals surface area contributed by atoms with Gasteiger partial charge in [-0.15, -0.1) is 0 Å². The lowest BCUT2D eigenvalue weighted by Crippen LogP contribution is -2.16. The molecular weight excluding hydrogens is 368 g/mol. The number of aromatic amines is 1. The smallest absolute Gasteiger partial charge is 0.268 e. The monoisotopic (exact) mass is 386 g/mol. The number of hydrogen-bond donors (Lipinski definition) is 2. The highest BCUT2D eigenvalue weighted by Gasteiger charge is 2.19. The van der Waals surface area contributed by atoms with Gasteiger partial charge in [-0.25, -0.2) is 0 Å². The highest BCUT2D eigenvalue weighted by Crippen LogP contribution is 2.36. The van der Waals surface area contributed by atoms with Crippen LogP contribution in [0.1, 0.15) is 22.3 Å². The molecule has 1 heterocycles. The van der Waals surface area contributed by atoms with Crippen LogP contribution in [-0.2, 0) is 6.61 Å². The second-order valence-electron chi connectivity index (χ2n) is 6.36. The van der Waals surface area contributed by atoms with Crippen LogP contribution in [0, 0.1) is 29.6 Å². The molecule has 0 unspecified atom stereocenters. The Morgan fingerprint density at radius 1 is 1.03 bits per heavy atom. The summed E-state index contributed by atoms with van der Waals surface area (Å²) in [5.74, 6) is 0.803. The van der Waals surface area contributed by atoms with Gasteiger partial charge >= 0.3 is 0 Å². The van der Waals surface area contributed by atoms with Crippen molar-refractivity contribution in [3.63, 3.8) is 0 Å². The Morgan fingerprint density at radius 2 is 1.72 bits per heavy atom. The highest BCUT2D eigenvalue weighted by molar-refractivity contribution is 5.81. The van der Waals surface area contributed by atoms with Crippen LogP contribution >= 0.6 is 0 Å². The number of methoxy groups -OCH3 is 1. The molecule has 0 saturated heterocycles. The normalized spacial score (nSPS) is 10.1. The lowest BCUT2D eigenvalue weighted by molar-refractivity contribution is 0.284. The third-order valence-electron chi connectivity index (χ3n) is 4.44. The topological polar surface area (TPSA) is 125 Å². The first-order valence-corrected chi connectivity index (χ1v) is 8.71. The number of ether oxygens (including phenoxy) is 2. The van der Waals surface area contributed by atoms with Gasteiger partial charge in [0.05, 0.1) is 7.11 Å². The molecule has 0 atom stereocenters. The summed E-state index contributed by atoms with van der Waals surface area (Å²) in [6.07, 6.45) is 0. The molecule has 0 aliphatic heterocycles. The summed E-state index contributed by atoms with van der Waals surface area (Å²) in [5, 5.41) is 18.9. The first-order chi connectivity index (χ1) is 14.0. The molecule has 0 saturated carbocycles. The van der Waals surface area contributed by atoms with Gasteiger partial charge in [-0.1, -0.05) is 35.9 Å². The molecule has 0 bridgehead atoms. The zero-order valence-corrected chi connectivity index (χ0v) is 15.9. The predicted molar refractivity (Wildman–Crippen MR) is 108 cm³/mol. The molecule has 7 heteroatoms. The van der Waals surface area contributed by atoms with E-state index in [4.69, 9.17) is 15.2 Å². The average Bonchev–Trinajstić information content (AvgIpc) is 2.72. The molecule has 2 aromatic carbocycles. The minimum atomic E-state index is -0.656. The van der Waals surface area contributed by atoms with E-state index in [0.29, 0.717) is 23.7 Å². The minimum Gasteiger partial charge on any atom is -0.493 e. The molecule has 3 N–H and O–H groups in total. The van der Waals surface area contributed by atoms with Crippen molar-refractivity contribution in [2.75, 3.05) is 12.8 Å². The van der Waals surface area contributed by atoms with Crippen molar-refractivity contribution in [2.45, 2.75) is 13.5 Å². The Balaban J connectivity index is 2.08. The molecule has 0 aliphatic rings. The van der Waals surface area contributed by atoms with E-state index < -0.39 is 5.56 Å². The van der Waals surface area contributed by atoms with Gasteiger partial charge in [0.15, 0.2) is 11.5 Å². The summed E-state index contributed by atoms with van der Waals surface area (Å²) in [6, 6.07) is 16.6. The van der Waals surface area contributed by atoms with E-state index in [9.17, 15) is 15.3 Å². The number of nitrogen functional groups attached to an aromatic ring is 1. The number of hydrogen-bond acceptors (Lipinski definition) is 6. The SMILES string of the molecule is COc1ccc(-c2c(C#N)c(N)[nH]c(=O)c2C#N)cc1OCc1ccc(C)cc1. The second kappa shape index (κ2) is 8.20. The number of rotatable bonds is 5. The summed E-state index contributed by atoms with van der Waals surface area (Å²) in [5.41, 5.74) is 7.71. The van der Waals surface area contributed by atoms with Crippen molar-refractivity contribution in [2.24, 2.45) is 0 Å². The Kier molecular flexibility index (Phi) is 5.52. The van der Waals surface area contributed by atoms with Crippen molar-refractivity contribution < 1.29 is 9.47 Å². The van der Waals surface area contributed by atoms with Gasteiger partial charge in [-0.05, 0) is 30.2 Å². The lowest BCUT2D eigenvalue weighted by atomic mass is 9.96. The lowest BCUT2D eigenvalue weighted by Gasteiger charge is -2.14.